The summed E-state index contributed by atoms with van der Waals surface area (Å²) in [6.07, 6.45) is 0. The number of esters is 1. The minimum atomic E-state index is -0.442. The normalized spacial score (nSPS) is 22.4. The van der Waals surface area contributed by atoms with Gasteiger partial charge in [-0.15, -0.1) is 0 Å². The Morgan fingerprint density at radius 3 is 2.74 bits per heavy atom. The highest BCUT2D eigenvalue weighted by molar-refractivity contribution is 5.94. The summed E-state index contributed by atoms with van der Waals surface area (Å²) in [6, 6.07) is 5.57. The Bertz CT molecular complexity index is 503. The number of amides is 1. The number of halogens is 1. The third-order valence-electron chi connectivity index (χ3n) is 3.48. The second-order valence-corrected chi connectivity index (χ2v) is 4.83. The Morgan fingerprint density at radius 2 is 2.11 bits per heavy atom. The van der Waals surface area contributed by atoms with Crippen molar-refractivity contribution in [1.82, 2.24) is 4.90 Å². The van der Waals surface area contributed by atoms with E-state index in [1.54, 1.807) is 11.0 Å². The van der Waals surface area contributed by atoms with Gasteiger partial charge in [-0.25, -0.2) is 4.39 Å². The van der Waals surface area contributed by atoms with Gasteiger partial charge in [-0.3, -0.25) is 9.59 Å². The molecule has 5 heteroatoms. The first kappa shape index (κ1) is 13.5. The number of rotatable bonds is 2. The van der Waals surface area contributed by atoms with Crippen molar-refractivity contribution in [2.45, 2.75) is 6.92 Å². The third-order valence-corrected chi connectivity index (χ3v) is 3.48. The molecule has 19 heavy (non-hydrogen) atoms. The van der Waals surface area contributed by atoms with Gasteiger partial charge in [0, 0.05) is 18.7 Å². The molecule has 2 rings (SSSR count). The Balaban J connectivity index is 2.12. The molecular weight excluding hydrogens is 249 g/mol. The van der Waals surface area contributed by atoms with Crippen LogP contribution in [0.2, 0.25) is 0 Å². The molecule has 0 radical (unpaired) electrons. The van der Waals surface area contributed by atoms with E-state index in [2.05, 4.69) is 0 Å². The van der Waals surface area contributed by atoms with Crippen LogP contribution in [0.25, 0.3) is 0 Å². The summed E-state index contributed by atoms with van der Waals surface area (Å²) in [5, 5.41) is 0. The van der Waals surface area contributed by atoms with E-state index in [9.17, 15) is 14.0 Å². The van der Waals surface area contributed by atoms with Crippen LogP contribution in [0.4, 0.5) is 4.39 Å². The fraction of sp³-hybridized carbons (Fsp3) is 0.429. The number of methoxy groups -OCH3 is 1. The first-order chi connectivity index (χ1) is 9.02. The molecular formula is C14H16FNO3. The molecule has 1 fully saturated rings. The SMILES string of the molecule is COC(=O)C1CN(C(=O)c2cccc(F)c2)CC1C. The van der Waals surface area contributed by atoms with Crippen molar-refractivity contribution in [2.75, 3.05) is 20.2 Å². The maximum Gasteiger partial charge on any atom is 0.310 e. The lowest BCUT2D eigenvalue weighted by molar-refractivity contribution is -0.146. The molecule has 0 spiro atoms. The molecule has 1 aromatic rings. The number of benzene rings is 1. The summed E-state index contributed by atoms with van der Waals surface area (Å²) in [5.41, 5.74) is 0.303. The molecule has 1 aliphatic rings. The number of carbonyl (C=O) groups excluding carboxylic acids is 2. The van der Waals surface area contributed by atoms with Gasteiger partial charge >= 0.3 is 5.97 Å². The van der Waals surface area contributed by atoms with Crippen molar-refractivity contribution in [3.05, 3.63) is 35.6 Å². The van der Waals surface area contributed by atoms with E-state index in [0.29, 0.717) is 18.7 Å². The highest BCUT2D eigenvalue weighted by Gasteiger charge is 2.37. The van der Waals surface area contributed by atoms with E-state index >= 15 is 0 Å². The van der Waals surface area contributed by atoms with Crippen LogP contribution in [0.15, 0.2) is 24.3 Å². The fourth-order valence-electron chi connectivity index (χ4n) is 2.39. The lowest BCUT2D eigenvalue weighted by atomic mass is 9.99. The minimum absolute atomic E-state index is 0.0463. The van der Waals surface area contributed by atoms with Gasteiger partial charge in [0.05, 0.1) is 13.0 Å². The van der Waals surface area contributed by atoms with Crippen LogP contribution in [-0.2, 0) is 9.53 Å². The third kappa shape index (κ3) is 2.75. The van der Waals surface area contributed by atoms with Gasteiger partial charge in [0.1, 0.15) is 5.82 Å². The van der Waals surface area contributed by atoms with Gasteiger partial charge in [-0.2, -0.15) is 0 Å². The average molecular weight is 265 g/mol. The minimum Gasteiger partial charge on any atom is -0.469 e. The monoisotopic (exact) mass is 265 g/mol. The summed E-state index contributed by atoms with van der Waals surface area (Å²) in [4.78, 5) is 25.3. The van der Waals surface area contributed by atoms with Gasteiger partial charge < -0.3 is 9.64 Å². The molecule has 1 heterocycles. The Labute approximate surface area is 111 Å². The Kier molecular flexibility index (Phi) is 3.83. The van der Waals surface area contributed by atoms with Crippen molar-refractivity contribution in [2.24, 2.45) is 11.8 Å². The van der Waals surface area contributed by atoms with Crippen LogP contribution in [0.3, 0.4) is 0 Å². The second-order valence-electron chi connectivity index (χ2n) is 4.83. The molecule has 0 N–H and O–H groups in total. The molecule has 1 saturated heterocycles. The topological polar surface area (TPSA) is 46.6 Å². The molecule has 102 valence electrons. The zero-order valence-electron chi connectivity index (χ0n) is 10.9. The molecule has 0 aliphatic carbocycles. The molecule has 0 bridgehead atoms. The molecule has 1 aromatic carbocycles. The Hall–Kier alpha value is -1.91. The molecule has 2 unspecified atom stereocenters. The standard InChI is InChI=1S/C14H16FNO3/c1-9-7-16(8-12(9)14(18)19-2)13(17)10-4-3-5-11(15)6-10/h3-6,9,12H,7-8H2,1-2H3. The maximum absolute atomic E-state index is 13.1. The number of nitrogens with zero attached hydrogens (tertiary/aromatic N) is 1. The van der Waals surface area contributed by atoms with Crippen LogP contribution in [0.1, 0.15) is 17.3 Å². The summed E-state index contributed by atoms with van der Waals surface area (Å²) in [5.74, 6) is -1.25. The van der Waals surface area contributed by atoms with Gasteiger partial charge in [-0.05, 0) is 24.1 Å². The second kappa shape index (κ2) is 5.38. The van der Waals surface area contributed by atoms with Crippen molar-refractivity contribution < 1.29 is 18.7 Å². The average Bonchev–Trinajstić information content (AvgIpc) is 2.79. The lowest BCUT2D eigenvalue weighted by Gasteiger charge is -2.16. The summed E-state index contributed by atoms with van der Waals surface area (Å²) in [6.45, 7) is 2.71. The smallest absolute Gasteiger partial charge is 0.310 e. The summed E-state index contributed by atoms with van der Waals surface area (Å²) < 4.78 is 17.8. The highest BCUT2D eigenvalue weighted by Crippen LogP contribution is 2.25. The van der Waals surface area contributed by atoms with Crippen LogP contribution in [0.5, 0.6) is 0 Å². The van der Waals surface area contributed by atoms with Crippen LogP contribution in [0, 0.1) is 17.7 Å². The van der Waals surface area contributed by atoms with Gasteiger partial charge in [-0.1, -0.05) is 13.0 Å². The predicted molar refractivity (Wildman–Crippen MR) is 67.0 cm³/mol. The maximum atomic E-state index is 13.1. The summed E-state index contributed by atoms with van der Waals surface area (Å²) >= 11 is 0. The number of ether oxygens (including phenoxy) is 1. The van der Waals surface area contributed by atoms with Gasteiger partial charge in [0.25, 0.3) is 5.91 Å². The largest absolute Gasteiger partial charge is 0.469 e. The quantitative estimate of drug-likeness (QED) is 0.765. The van der Waals surface area contributed by atoms with Crippen LogP contribution in [-0.4, -0.2) is 37.0 Å². The van der Waals surface area contributed by atoms with E-state index in [-0.39, 0.29) is 23.7 Å². The number of carbonyl (C=O) groups is 2. The zero-order chi connectivity index (χ0) is 14.0. The van der Waals surface area contributed by atoms with Crippen LogP contribution >= 0.6 is 0 Å². The highest BCUT2D eigenvalue weighted by atomic mass is 19.1. The van der Waals surface area contributed by atoms with Crippen molar-refractivity contribution in [1.29, 1.82) is 0 Å². The first-order valence-electron chi connectivity index (χ1n) is 6.15. The van der Waals surface area contributed by atoms with E-state index < -0.39 is 5.82 Å². The van der Waals surface area contributed by atoms with E-state index in [1.807, 2.05) is 6.92 Å². The molecule has 2 atom stereocenters. The van der Waals surface area contributed by atoms with Crippen molar-refractivity contribution in [3.63, 3.8) is 0 Å². The number of hydrogen-bond acceptors (Lipinski definition) is 3. The van der Waals surface area contributed by atoms with E-state index in [1.165, 1.54) is 25.3 Å². The molecule has 1 amide bonds. The summed E-state index contributed by atoms with van der Waals surface area (Å²) in [7, 11) is 1.34. The van der Waals surface area contributed by atoms with Gasteiger partial charge in [0.15, 0.2) is 0 Å². The van der Waals surface area contributed by atoms with Gasteiger partial charge in [0.2, 0.25) is 0 Å². The lowest BCUT2D eigenvalue weighted by Crippen LogP contribution is -2.30. The molecule has 0 saturated carbocycles. The molecule has 1 aliphatic heterocycles. The van der Waals surface area contributed by atoms with Crippen LogP contribution < -0.4 is 0 Å². The Morgan fingerprint density at radius 1 is 1.37 bits per heavy atom. The van der Waals surface area contributed by atoms with Crippen molar-refractivity contribution in [3.8, 4) is 0 Å². The number of hydrogen-bond donors (Lipinski definition) is 0. The number of likely N-dealkylation sites (tertiary alicyclic amines) is 1. The van der Waals surface area contributed by atoms with E-state index in [4.69, 9.17) is 4.74 Å². The molecule has 0 aromatic heterocycles. The fourth-order valence-corrected chi connectivity index (χ4v) is 2.39. The first-order valence-corrected chi connectivity index (χ1v) is 6.15. The van der Waals surface area contributed by atoms with E-state index in [0.717, 1.165) is 0 Å². The molecule has 4 nitrogen and oxygen atoms in total. The predicted octanol–water partition coefficient (Wildman–Crippen LogP) is 1.71. The zero-order valence-corrected chi connectivity index (χ0v) is 10.9. The van der Waals surface area contributed by atoms with Crippen molar-refractivity contribution >= 4 is 11.9 Å².